The molecule has 1 unspecified atom stereocenters. The number of ether oxygens (including phenoxy) is 1. The molecule has 0 aromatic carbocycles. The second kappa shape index (κ2) is 6.46. The highest BCUT2D eigenvalue weighted by Gasteiger charge is 2.23. The van der Waals surface area contributed by atoms with E-state index in [0.29, 0.717) is 11.4 Å². The van der Waals surface area contributed by atoms with E-state index in [9.17, 15) is 9.59 Å². The molecule has 2 N–H and O–H groups in total. The molecular formula is C15H19N3O4. The van der Waals surface area contributed by atoms with Crippen LogP contribution in [0.5, 0.6) is 5.75 Å². The normalized spacial score (nSPS) is 12.4. The average Bonchev–Trinajstić information content (AvgIpc) is 2.82. The van der Waals surface area contributed by atoms with Crippen molar-refractivity contribution in [1.82, 2.24) is 14.7 Å². The second-order valence-electron chi connectivity index (χ2n) is 5.40. The van der Waals surface area contributed by atoms with E-state index < -0.39 is 17.9 Å². The summed E-state index contributed by atoms with van der Waals surface area (Å²) in [5.74, 6) is -1.28. The first-order valence-corrected chi connectivity index (χ1v) is 6.97. The number of rotatable bonds is 6. The highest BCUT2D eigenvalue weighted by Crippen LogP contribution is 2.18. The number of carbonyl (C=O) groups excluding carboxylic acids is 1. The molecule has 2 rings (SSSR count). The molecule has 7 heteroatoms. The van der Waals surface area contributed by atoms with Crippen LogP contribution in [0, 0.1) is 12.8 Å². The number of fused-ring (bicyclic) bond motifs is 1. The third-order valence-electron chi connectivity index (χ3n) is 3.18. The number of nitrogens with one attached hydrogen (secondary N) is 1. The van der Waals surface area contributed by atoms with Gasteiger partial charge in [0.2, 0.25) is 0 Å². The van der Waals surface area contributed by atoms with Crippen molar-refractivity contribution in [2.75, 3.05) is 6.61 Å². The maximum absolute atomic E-state index is 11.9. The highest BCUT2D eigenvalue weighted by atomic mass is 16.5. The summed E-state index contributed by atoms with van der Waals surface area (Å²) >= 11 is 0. The molecule has 2 heterocycles. The van der Waals surface area contributed by atoms with Crippen LogP contribution >= 0.6 is 0 Å². The molecule has 22 heavy (non-hydrogen) atoms. The number of imidazole rings is 1. The molecule has 7 nitrogen and oxygen atoms in total. The molecule has 0 aliphatic heterocycles. The van der Waals surface area contributed by atoms with Gasteiger partial charge in [-0.1, -0.05) is 13.8 Å². The van der Waals surface area contributed by atoms with Gasteiger partial charge in [-0.25, -0.2) is 9.78 Å². The summed E-state index contributed by atoms with van der Waals surface area (Å²) in [6, 6.07) is 2.57. The van der Waals surface area contributed by atoms with Gasteiger partial charge in [0.05, 0.1) is 5.69 Å². The van der Waals surface area contributed by atoms with Gasteiger partial charge in [0.15, 0.2) is 18.0 Å². The topological polar surface area (TPSA) is 92.9 Å². The minimum Gasteiger partial charge on any atom is -0.480 e. The first kappa shape index (κ1) is 15.8. The first-order chi connectivity index (χ1) is 10.4. The zero-order valence-corrected chi connectivity index (χ0v) is 12.7. The monoisotopic (exact) mass is 305 g/mol. The van der Waals surface area contributed by atoms with Crippen molar-refractivity contribution in [3.05, 3.63) is 30.2 Å². The number of carboxylic acid groups (broad SMARTS) is 1. The van der Waals surface area contributed by atoms with E-state index in [0.717, 1.165) is 5.69 Å². The Morgan fingerprint density at radius 2 is 2.18 bits per heavy atom. The van der Waals surface area contributed by atoms with Crippen LogP contribution in [0.3, 0.4) is 0 Å². The Labute approximate surface area is 127 Å². The fraction of sp³-hybridized carbons (Fsp3) is 0.400. The van der Waals surface area contributed by atoms with Crippen molar-refractivity contribution in [3.63, 3.8) is 0 Å². The van der Waals surface area contributed by atoms with Crippen molar-refractivity contribution < 1.29 is 19.4 Å². The van der Waals surface area contributed by atoms with E-state index in [1.807, 2.05) is 19.3 Å². The van der Waals surface area contributed by atoms with Crippen LogP contribution < -0.4 is 10.1 Å². The molecule has 0 aliphatic carbocycles. The van der Waals surface area contributed by atoms with Crippen LogP contribution in [0.4, 0.5) is 0 Å². The van der Waals surface area contributed by atoms with E-state index >= 15 is 0 Å². The minimum absolute atomic E-state index is 0.208. The fourth-order valence-corrected chi connectivity index (χ4v) is 2.09. The number of aryl methyl sites for hydroxylation is 1. The smallest absolute Gasteiger partial charge is 0.326 e. The summed E-state index contributed by atoms with van der Waals surface area (Å²) in [6.45, 7) is 5.06. The van der Waals surface area contributed by atoms with Crippen LogP contribution in [-0.2, 0) is 9.59 Å². The van der Waals surface area contributed by atoms with Gasteiger partial charge in [0.25, 0.3) is 5.91 Å². The molecule has 0 saturated heterocycles. The van der Waals surface area contributed by atoms with Crippen molar-refractivity contribution in [3.8, 4) is 5.75 Å². The molecule has 2 aromatic rings. The predicted octanol–water partition coefficient (Wildman–Crippen LogP) is 1.25. The van der Waals surface area contributed by atoms with Crippen LogP contribution in [0.15, 0.2) is 24.5 Å². The van der Waals surface area contributed by atoms with Gasteiger partial charge in [-0.15, -0.1) is 0 Å². The fourth-order valence-electron chi connectivity index (χ4n) is 2.09. The zero-order valence-electron chi connectivity index (χ0n) is 12.7. The Hall–Kier alpha value is -2.57. The predicted molar refractivity (Wildman–Crippen MR) is 79.8 cm³/mol. The summed E-state index contributed by atoms with van der Waals surface area (Å²) in [5, 5.41) is 11.5. The molecular weight excluding hydrogens is 286 g/mol. The summed E-state index contributed by atoms with van der Waals surface area (Å²) in [6.07, 6.45) is 3.68. The number of hydrogen-bond acceptors (Lipinski definition) is 4. The average molecular weight is 305 g/mol. The van der Waals surface area contributed by atoms with Gasteiger partial charge in [-0.2, -0.15) is 0 Å². The number of pyridine rings is 1. The van der Waals surface area contributed by atoms with E-state index in [1.54, 1.807) is 30.4 Å². The van der Waals surface area contributed by atoms with Gasteiger partial charge in [-0.3, -0.25) is 4.79 Å². The number of carboxylic acids is 1. The maximum Gasteiger partial charge on any atom is 0.326 e. The standard InChI is InChI=1S/C15H19N3O4/c1-9(2)13(15(20)21)17-12(19)8-22-11-5-4-6-18-7-10(3)16-14(11)18/h4-7,9,13H,8H2,1-3H3,(H,17,19)(H,20,21). The van der Waals surface area contributed by atoms with E-state index in [2.05, 4.69) is 10.3 Å². The van der Waals surface area contributed by atoms with Crippen LogP contribution in [0.25, 0.3) is 5.65 Å². The Bertz CT molecular complexity index is 693. The molecule has 0 spiro atoms. The molecule has 1 amide bonds. The highest BCUT2D eigenvalue weighted by molar-refractivity contribution is 5.84. The Kier molecular flexibility index (Phi) is 4.65. The largest absolute Gasteiger partial charge is 0.480 e. The Morgan fingerprint density at radius 1 is 1.45 bits per heavy atom. The molecule has 2 aromatic heterocycles. The molecule has 0 bridgehead atoms. The van der Waals surface area contributed by atoms with Crippen molar-refractivity contribution in [1.29, 1.82) is 0 Å². The number of aromatic nitrogens is 2. The van der Waals surface area contributed by atoms with Crippen molar-refractivity contribution >= 4 is 17.5 Å². The van der Waals surface area contributed by atoms with Gasteiger partial charge < -0.3 is 19.6 Å². The summed E-state index contributed by atoms with van der Waals surface area (Å²) in [5.41, 5.74) is 1.46. The first-order valence-electron chi connectivity index (χ1n) is 6.97. The summed E-state index contributed by atoms with van der Waals surface area (Å²) in [4.78, 5) is 27.2. The third kappa shape index (κ3) is 3.55. The zero-order chi connectivity index (χ0) is 16.3. The number of nitrogens with zero attached hydrogens (tertiary/aromatic N) is 2. The lowest BCUT2D eigenvalue weighted by molar-refractivity contribution is -0.143. The van der Waals surface area contributed by atoms with Gasteiger partial charge >= 0.3 is 5.97 Å². The van der Waals surface area contributed by atoms with Gasteiger partial charge in [0.1, 0.15) is 6.04 Å². The number of carbonyl (C=O) groups is 2. The molecule has 0 fully saturated rings. The van der Waals surface area contributed by atoms with E-state index in [1.165, 1.54) is 0 Å². The van der Waals surface area contributed by atoms with Crippen molar-refractivity contribution in [2.24, 2.45) is 5.92 Å². The van der Waals surface area contributed by atoms with Gasteiger partial charge in [-0.05, 0) is 25.0 Å². The lowest BCUT2D eigenvalue weighted by Crippen LogP contribution is -2.46. The number of hydrogen-bond donors (Lipinski definition) is 2. The SMILES string of the molecule is Cc1cn2cccc(OCC(=O)NC(C(=O)O)C(C)C)c2n1. The molecule has 118 valence electrons. The number of amides is 1. The molecule has 0 radical (unpaired) electrons. The van der Waals surface area contributed by atoms with Crippen LogP contribution in [0.1, 0.15) is 19.5 Å². The minimum atomic E-state index is -1.06. The second-order valence-corrected chi connectivity index (χ2v) is 5.40. The third-order valence-corrected chi connectivity index (χ3v) is 3.18. The Balaban J connectivity index is 2.02. The maximum atomic E-state index is 11.9. The van der Waals surface area contributed by atoms with E-state index in [-0.39, 0.29) is 12.5 Å². The summed E-state index contributed by atoms with van der Waals surface area (Å²) in [7, 11) is 0. The molecule has 0 saturated carbocycles. The summed E-state index contributed by atoms with van der Waals surface area (Å²) < 4.78 is 7.27. The van der Waals surface area contributed by atoms with Crippen molar-refractivity contribution in [2.45, 2.75) is 26.8 Å². The molecule has 0 aliphatic rings. The molecule has 1 atom stereocenters. The lowest BCUT2D eigenvalue weighted by atomic mass is 10.1. The van der Waals surface area contributed by atoms with E-state index in [4.69, 9.17) is 9.84 Å². The van der Waals surface area contributed by atoms with Gasteiger partial charge in [0, 0.05) is 12.4 Å². The quantitative estimate of drug-likeness (QED) is 0.837. The number of aliphatic carboxylic acids is 1. The lowest BCUT2D eigenvalue weighted by Gasteiger charge is -2.18. The Morgan fingerprint density at radius 3 is 2.82 bits per heavy atom. The van der Waals surface area contributed by atoms with Crippen LogP contribution in [0.2, 0.25) is 0 Å². The van der Waals surface area contributed by atoms with Crippen LogP contribution in [-0.4, -0.2) is 39.0 Å².